The first-order valence-electron chi connectivity index (χ1n) is 26.5. The number of nitrogens with one attached hydrogen (secondary N) is 6. The third kappa shape index (κ3) is 37.4. The van der Waals surface area contributed by atoms with Gasteiger partial charge in [-0.25, -0.2) is 4.79 Å². The van der Waals surface area contributed by atoms with Gasteiger partial charge in [-0.2, -0.15) is 0 Å². The Bertz CT molecular complexity index is 1440. The third-order valence-electron chi connectivity index (χ3n) is 12.8. The Morgan fingerprint density at radius 1 is 0.478 bits per heavy atom. The van der Waals surface area contributed by atoms with E-state index in [2.05, 4.69) is 31.9 Å². The molecule has 0 aromatic rings. The van der Waals surface area contributed by atoms with Crippen LogP contribution in [0.25, 0.3) is 0 Å². The lowest BCUT2D eigenvalue weighted by Crippen LogP contribution is -2.45. The van der Waals surface area contributed by atoms with Gasteiger partial charge in [0.15, 0.2) is 0 Å². The molecular formula is C51H92N6O12. The molecule has 69 heavy (non-hydrogen) atoms. The number of likely N-dealkylation sites (N-methyl/N-ethyl adjacent to an activating group) is 1. The van der Waals surface area contributed by atoms with Gasteiger partial charge < -0.3 is 51.6 Å². The van der Waals surface area contributed by atoms with Gasteiger partial charge in [-0.15, -0.1) is 0 Å². The van der Waals surface area contributed by atoms with Gasteiger partial charge in [0.1, 0.15) is 11.8 Å². The molecule has 0 aromatic carbocycles. The van der Waals surface area contributed by atoms with Gasteiger partial charge in [0.25, 0.3) is 0 Å². The van der Waals surface area contributed by atoms with E-state index in [1.54, 1.807) is 14.0 Å². The highest BCUT2D eigenvalue weighted by atomic mass is 16.5. The summed E-state index contributed by atoms with van der Waals surface area (Å²) >= 11 is 0. The highest BCUT2D eigenvalue weighted by Crippen LogP contribution is 2.29. The Morgan fingerprint density at radius 3 is 1.39 bits per heavy atom. The van der Waals surface area contributed by atoms with Gasteiger partial charge in [-0.3, -0.25) is 33.6 Å². The van der Waals surface area contributed by atoms with Crippen molar-refractivity contribution in [2.24, 2.45) is 11.8 Å². The Hall–Kier alpha value is -4.16. The molecule has 0 aliphatic heterocycles. The number of hydrogen-bond acceptors (Lipinski definition) is 11. The number of ketones is 1. The number of aliphatic carboxylic acids is 2. The maximum atomic E-state index is 13.0. The molecule has 8 N–H and O–H groups in total. The summed E-state index contributed by atoms with van der Waals surface area (Å²) in [5.41, 5.74) is 0. The summed E-state index contributed by atoms with van der Waals surface area (Å²) in [5.74, 6) is -2.86. The van der Waals surface area contributed by atoms with Crippen molar-refractivity contribution in [3.63, 3.8) is 0 Å². The Kier molecular flexibility index (Phi) is 38.9. The first-order valence-corrected chi connectivity index (χ1v) is 26.5. The molecule has 0 spiro atoms. The van der Waals surface area contributed by atoms with Crippen LogP contribution in [-0.4, -0.2) is 129 Å². The zero-order valence-electron chi connectivity index (χ0n) is 42.4. The summed E-state index contributed by atoms with van der Waals surface area (Å²) in [6.07, 6.45) is 24.7. The summed E-state index contributed by atoms with van der Waals surface area (Å²) in [6.45, 7) is 4.17. The van der Waals surface area contributed by atoms with E-state index in [1.165, 1.54) is 64.2 Å². The summed E-state index contributed by atoms with van der Waals surface area (Å²) in [4.78, 5) is 95.7. The van der Waals surface area contributed by atoms with Crippen LogP contribution in [0, 0.1) is 11.8 Å². The molecule has 18 nitrogen and oxygen atoms in total. The molecule has 18 heteroatoms. The average molecular weight is 981 g/mol. The van der Waals surface area contributed by atoms with Gasteiger partial charge in [-0.05, 0) is 84.1 Å². The van der Waals surface area contributed by atoms with E-state index in [1.807, 2.05) is 0 Å². The first kappa shape index (κ1) is 62.9. The van der Waals surface area contributed by atoms with Crippen LogP contribution in [0.2, 0.25) is 0 Å². The fourth-order valence-corrected chi connectivity index (χ4v) is 8.43. The molecule has 5 amide bonds. The summed E-state index contributed by atoms with van der Waals surface area (Å²) in [6, 6.07) is -1.34. The number of rotatable bonds is 46. The average Bonchev–Trinajstić information content (AvgIpc) is 3.32. The normalized spacial score (nSPS) is 15.4. The number of unbranched alkanes of at least 4 members (excludes halogenated alkanes) is 16. The minimum atomic E-state index is -1.19. The smallest absolute Gasteiger partial charge is 0.326 e. The van der Waals surface area contributed by atoms with Gasteiger partial charge in [0.2, 0.25) is 29.5 Å². The maximum absolute atomic E-state index is 13.0. The van der Waals surface area contributed by atoms with E-state index in [4.69, 9.17) is 14.6 Å². The van der Waals surface area contributed by atoms with Crippen molar-refractivity contribution >= 4 is 47.3 Å². The molecule has 398 valence electrons. The Balaban J connectivity index is 2.00. The SMILES string of the molecule is CNC(CCCCNC(=O)CCC(=O)NCCOCCOCCNC(=O)CCC(NC(=O)C1CCC(CNC(=O)CCCCCCCCCCCCCCCCCCC(=O)O)CC1)C(=O)O)C(C)=O. The quantitative estimate of drug-likeness (QED) is 0.0332. The van der Waals surface area contributed by atoms with E-state index in [-0.39, 0.29) is 118 Å². The second kappa shape index (κ2) is 42.7. The van der Waals surface area contributed by atoms with Crippen molar-refractivity contribution in [1.29, 1.82) is 0 Å². The number of carboxylic acids is 2. The summed E-state index contributed by atoms with van der Waals surface area (Å²) < 4.78 is 10.9. The van der Waals surface area contributed by atoms with Crippen molar-refractivity contribution in [2.75, 3.05) is 59.7 Å². The van der Waals surface area contributed by atoms with Crippen molar-refractivity contribution in [2.45, 2.75) is 205 Å². The minimum Gasteiger partial charge on any atom is -0.481 e. The summed E-state index contributed by atoms with van der Waals surface area (Å²) in [5, 5.41) is 35.2. The van der Waals surface area contributed by atoms with Crippen LogP contribution in [0.15, 0.2) is 0 Å². The van der Waals surface area contributed by atoms with E-state index in [9.17, 15) is 43.5 Å². The molecular weight excluding hydrogens is 889 g/mol. The molecule has 1 fully saturated rings. The van der Waals surface area contributed by atoms with Gasteiger partial charge in [0, 0.05) is 64.2 Å². The Morgan fingerprint density at radius 2 is 0.928 bits per heavy atom. The molecule has 0 bridgehead atoms. The molecule has 0 aromatic heterocycles. The van der Waals surface area contributed by atoms with Crippen molar-refractivity contribution < 1.29 is 58.0 Å². The van der Waals surface area contributed by atoms with Crippen LogP contribution in [0.3, 0.4) is 0 Å². The van der Waals surface area contributed by atoms with Crippen LogP contribution in [0.4, 0.5) is 0 Å². The molecule has 1 saturated carbocycles. The van der Waals surface area contributed by atoms with Crippen LogP contribution >= 0.6 is 0 Å². The minimum absolute atomic E-state index is 0.0438. The Labute approximate surface area is 412 Å². The topological polar surface area (TPSA) is 268 Å². The summed E-state index contributed by atoms with van der Waals surface area (Å²) in [7, 11) is 1.75. The number of carbonyl (C=O) groups is 8. The van der Waals surface area contributed by atoms with E-state index in [0.29, 0.717) is 45.2 Å². The first-order chi connectivity index (χ1) is 33.3. The predicted molar refractivity (Wildman–Crippen MR) is 265 cm³/mol. The number of ether oxygens (including phenoxy) is 2. The standard InChI is InChI=1S/C51H92N6O12/c1-40(58)43(52-2)21-19-20-32-53-47(61)30-31-48(62)55-34-36-69-38-37-68-35-33-54-46(60)29-28-44(51(66)67)57-50(65)42-26-24-41(25-27-42)39-56-45(59)22-17-15-13-11-9-7-5-3-4-6-8-10-12-14-16-18-23-49(63)64/h41-44,52H,3-39H2,1-2H3,(H,53,61)(H,54,60)(H,55,62)(H,56,59)(H,57,65)(H,63,64)(H,66,67). The zero-order valence-corrected chi connectivity index (χ0v) is 42.4. The number of carbonyl (C=O) groups excluding carboxylic acids is 6. The molecule has 0 radical (unpaired) electrons. The lowest BCUT2D eigenvalue weighted by molar-refractivity contribution is -0.143. The van der Waals surface area contributed by atoms with Crippen LogP contribution in [-0.2, 0) is 47.8 Å². The van der Waals surface area contributed by atoms with Gasteiger partial charge >= 0.3 is 11.9 Å². The third-order valence-corrected chi connectivity index (χ3v) is 12.8. The maximum Gasteiger partial charge on any atom is 0.326 e. The molecule has 2 atom stereocenters. The monoisotopic (exact) mass is 981 g/mol. The van der Waals surface area contributed by atoms with Crippen LogP contribution < -0.4 is 31.9 Å². The lowest BCUT2D eigenvalue weighted by atomic mass is 9.81. The molecule has 1 rings (SSSR count). The van der Waals surface area contributed by atoms with E-state index < -0.39 is 18.0 Å². The number of amides is 5. The van der Waals surface area contributed by atoms with Crippen molar-refractivity contribution in [1.82, 2.24) is 31.9 Å². The molecule has 1 aliphatic carbocycles. The van der Waals surface area contributed by atoms with E-state index in [0.717, 1.165) is 64.2 Å². The van der Waals surface area contributed by atoms with Crippen molar-refractivity contribution in [3.05, 3.63) is 0 Å². The second-order valence-corrected chi connectivity index (χ2v) is 18.7. The highest BCUT2D eigenvalue weighted by molar-refractivity contribution is 5.86. The highest BCUT2D eigenvalue weighted by Gasteiger charge is 2.30. The van der Waals surface area contributed by atoms with E-state index >= 15 is 0 Å². The van der Waals surface area contributed by atoms with Gasteiger partial charge in [-0.1, -0.05) is 89.9 Å². The van der Waals surface area contributed by atoms with Crippen LogP contribution in [0.1, 0.15) is 193 Å². The molecule has 0 saturated heterocycles. The number of Topliss-reactive ketones (excluding diaryl/α,β-unsaturated/α-hetero) is 1. The number of hydrogen-bond donors (Lipinski definition) is 8. The number of carboxylic acid groups (broad SMARTS) is 2. The zero-order chi connectivity index (χ0) is 50.7. The van der Waals surface area contributed by atoms with Crippen LogP contribution in [0.5, 0.6) is 0 Å². The predicted octanol–water partition coefficient (Wildman–Crippen LogP) is 5.87. The second-order valence-electron chi connectivity index (χ2n) is 18.7. The van der Waals surface area contributed by atoms with Gasteiger partial charge in [0.05, 0.1) is 32.5 Å². The largest absolute Gasteiger partial charge is 0.481 e. The van der Waals surface area contributed by atoms with Crippen molar-refractivity contribution in [3.8, 4) is 0 Å². The molecule has 2 unspecified atom stereocenters. The molecule has 1 aliphatic rings. The fraction of sp³-hybridized carbons (Fsp3) is 0.843. The fourth-order valence-electron chi connectivity index (χ4n) is 8.43. The lowest BCUT2D eigenvalue weighted by Gasteiger charge is -2.28. The molecule has 0 heterocycles.